The van der Waals surface area contributed by atoms with Gasteiger partial charge in [-0.2, -0.15) is 0 Å². The molecule has 0 aliphatic rings. The van der Waals surface area contributed by atoms with Gasteiger partial charge in [-0.05, 0) is 24.1 Å². The van der Waals surface area contributed by atoms with E-state index in [0.717, 1.165) is 24.0 Å². The Kier molecular flexibility index (Phi) is 8.01. The van der Waals surface area contributed by atoms with Gasteiger partial charge in [-0.15, -0.1) is 10.2 Å². The van der Waals surface area contributed by atoms with E-state index in [1.807, 2.05) is 31.2 Å². The number of carbonyl (C=O) groups is 1. The third-order valence-corrected chi connectivity index (χ3v) is 5.54. The van der Waals surface area contributed by atoms with Gasteiger partial charge >= 0.3 is 0 Å². The van der Waals surface area contributed by atoms with E-state index < -0.39 is 11.7 Å². The Morgan fingerprint density at radius 1 is 1.17 bits per heavy atom. The van der Waals surface area contributed by atoms with E-state index in [1.165, 1.54) is 28.4 Å². The molecule has 1 heterocycles. The molecule has 2 aromatic carbocycles. The third kappa shape index (κ3) is 5.47. The van der Waals surface area contributed by atoms with Gasteiger partial charge in [-0.25, -0.2) is 4.39 Å². The van der Waals surface area contributed by atoms with E-state index in [4.69, 9.17) is 5.11 Å². The molecule has 3 rings (SSSR count). The molecule has 0 aliphatic heterocycles. The molecule has 0 atom stereocenters. The van der Waals surface area contributed by atoms with Crippen molar-refractivity contribution in [1.82, 2.24) is 15.5 Å². The van der Waals surface area contributed by atoms with Crippen LogP contribution in [0.5, 0.6) is 0 Å². The van der Waals surface area contributed by atoms with Crippen molar-refractivity contribution >= 4 is 22.4 Å². The number of hydrogen-bond donors (Lipinski definition) is 2. The van der Waals surface area contributed by atoms with Crippen molar-refractivity contribution in [3.8, 4) is 10.6 Å². The molecule has 0 saturated carbocycles. The summed E-state index contributed by atoms with van der Waals surface area (Å²) in [6.45, 7) is 3.81. The van der Waals surface area contributed by atoms with Crippen LogP contribution in [0.4, 0.5) is 9.52 Å². The van der Waals surface area contributed by atoms with E-state index in [-0.39, 0.29) is 12.2 Å². The molecule has 6 nitrogen and oxygen atoms in total. The number of carbonyl (C=O) groups excluding carboxylic acids is 1. The van der Waals surface area contributed by atoms with Crippen molar-refractivity contribution in [3.05, 3.63) is 65.5 Å². The molecule has 8 heteroatoms. The summed E-state index contributed by atoms with van der Waals surface area (Å²) < 4.78 is 14.2. The fourth-order valence-corrected chi connectivity index (χ4v) is 3.77. The summed E-state index contributed by atoms with van der Waals surface area (Å²) in [5, 5.41) is 21.6. The molecule has 0 radical (unpaired) electrons. The average molecular weight is 429 g/mol. The van der Waals surface area contributed by atoms with Gasteiger partial charge in [0.2, 0.25) is 5.13 Å². The zero-order chi connectivity index (χ0) is 21.3. The van der Waals surface area contributed by atoms with Crippen molar-refractivity contribution in [2.75, 3.05) is 24.6 Å². The second kappa shape index (κ2) is 10.9. The number of rotatable bonds is 10. The number of unbranched alkanes of at least 4 members (excludes halogenated alkanes) is 1. The molecule has 0 unspecified atom stereocenters. The maximum Gasteiger partial charge on any atom is 0.263 e. The second-order valence-electron chi connectivity index (χ2n) is 6.78. The topological polar surface area (TPSA) is 78.4 Å². The molecular weight excluding hydrogens is 403 g/mol. The maximum atomic E-state index is 14.2. The average Bonchev–Trinajstić information content (AvgIpc) is 3.25. The largest absolute Gasteiger partial charge is 0.395 e. The predicted octanol–water partition coefficient (Wildman–Crippen LogP) is 3.87. The second-order valence-corrected chi connectivity index (χ2v) is 7.73. The predicted molar refractivity (Wildman–Crippen MR) is 117 cm³/mol. The number of aromatic nitrogens is 2. The van der Waals surface area contributed by atoms with Crippen molar-refractivity contribution in [2.24, 2.45) is 0 Å². The van der Waals surface area contributed by atoms with Crippen molar-refractivity contribution in [1.29, 1.82) is 0 Å². The molecule has 2 N–H and O–H groups in total. The number of aliphatic hydroxyl groups excluding tert-OH is 1. The van der Waals surface area contributed by atoms with Crippen LogP contribution in [-0.2, 0) is 6.54 Å². The molecule has 0 fully saturated rings. The quantitative estimate of drug-likeness (QED) is 0.479. The van der Waals surface area contributed by atoms with Crippen molar-refractivity contribution in [3.63, 3.8) is 0 Å². The molecule has 0 aliphatic carbocycles. The van der Waals surface area contributed by atoms with Gasteiger partial charge in [-0.1, -0.05) is 61.1 Å². The van der Waals surface area contributed by atoms with Crippen LogP contribution in [0.25, 0.3) is 10.6 Å². The zero-order valence-corrected chi connectivity index (χ0v) is 17.7. The molecular formula is C22H25FN4O2S. The summed E-state index contributed by atoms with van der Waals surface area (Å²) in [5.74, 6) is -0.950. The maximum absolute atomic E-state index is 14.2. The van der Waals surface area contributed by atoms with Crippen LogP contribution < -0.4 is 10.2 Å². The molecule has 1 amide bonds. The SMILES string of the molecule is CCCCN(C(=O)c1ccccc1F)c1nnc(-c2ccc(CNCCO)cc2)s1. The van der Waals surface area contributed by atoms with Gasteiger partial charge in [0.15, 0.2) is 0 Å². The number of aliphatic hydroxyl groups is 1. The summed E-state index contributed by atoms with van der Waals surface area (Å²) in [6, 6.07) is 13.9. The molecule has 0 spiro atoms. The van der Waals surface area contributed by atoms with Crippen LogP contribution in [0, 0.1) is 5.82 Å². The van der Waals surface area contributed by atoms with Crippen LogP contribution in [0.2, 0.25) is 0 Å². The number of halogens is 1. The summed E-state index contributed by atoms with van der Waals surface area (Å²) >= 11 is 1.31. The summed E-state index contributed by atoms with van der Waals surface area (Å²) in [5.41, 5.74) is 2.03. The highest BCUT2D eigenvalue weighted by Gasteiger charge is 2.23. The van der Waals surface area contributed by atoms with Gasteiger partial charge < -0.3 is 10.4 Å². The first kappa shape index (κ1) is 22.0. The number of anilines is 1. The fourth-order valence-electron chi connectivity index (χ4n) is 2.90. The normalized spacial score (nSPS) is 10.9. The Balaban J connectivity index is 1.80. The molecule has 3 aromatic rings. The standard InChI is InChI=1S/C22H25FN4O2S/c1-2-3-13-27(21(29)18-6-4-5-7-19(18)23)22-26-25-20(30-22)17-10-8-16(9-11-17)15-24-12-14-28/h4-11,24,28H,2-3,12-15H2,1H3. The molecule has 0 bridgehead atoms. The molecule has 1 aromatic heterocycles. The minimum atomic E-state index is -0.542. The number of benzene rings is 2. The van der Waals surface area contributed by atoms with E-state index in [2.05, 4.69) is 15.5 Å². The van der Waals surface area contributed by atoms with E-state index >= 15 is 0 Å². The Morgan fingerprint density at radius 2 is 1.93 bits per heavy atom. The van der Waals surface area contributed by atoms with Gasteiger partial charge in [0.25, 0.3) is 5.91 Å². The Morgan fingerprint density at radius 3 is 2.63 bits per heavy atom. The van der Waals surface area contributed by atoms with Crippen LogP contribution in [0.15, 0.2) is 48.5 Å². The van der Waals surface area contributed by atoms with Crippen molar-refractivity contribution < 1.29 is 14.3 Å². The van der Waals surface area contributed by atoms with Crippen molar-refractivity contribution in [2.45, 2.75) is 26.3 Å². The lowest BCUT2D eigenvalue weighted by atomic mass is 10.1. The lowest BCUT2D eigenvalue weighted by Crippen LogP contribution is -2.32. The van der Waals surface area contributed by atoms with Crippen LogP contribution in [0.1, 0.15) is 35.7 Å². The van der Waals surface area contributed by atoms with Gasteiger partial charge in [0.05, 0.1) is 12.2 Å². The first-order chi connectivity index (χ1) is 14.6. The zero-order valence-electron chi connectivity index (χ0n) is 16.8. The van der Waals surface area contributed by atoms with Gasteiger partial charge in [0, 0.05) is 25.2 Å². The van der Waals surface area contributed by atoms with E-state index in [9.17, 15) is 9.18 Å². The number of nitrogens with zero attached hydrogens (tertiary/aromatic N) is 3. The first-order valence-corrected chi connectivity index (χ1v) is 10.8. The van der Waals surface area contributed by atoms with Gasteiger partial charge in [0.1, 0.15) is 10.8 Å². The Bertz CT molecular complexity index is 962. The highest BCUT2D eigenvalue weighted by molar-refractivity contribution is 7.18. The van der Waals surface area contributed by atoms with Gasteiger partial charge in [-0.3, -0.25) is 9.69 Å². The van der Waals surface area contributed by atoms with Crippen LogP contribution in [-0.4, -0.2) is 40.9 Å². The smallest absolute Gasteiger partial charge is 0.263 e. The summed E-state index contributed by atoms with van der Waals surface area (Å²) in [4.78, 5) is 14.5. The summed E-state index contributed by atoms with van der Waals surface area (Å²) in [7, 11) is 0. The highest BCUT2D eigenvalue weighted by atomic mass is 32.1. The highest BCUT2D eigenvalue weighted by Crippen LogP contribution is 2.30. The van der Waals surface area contributed by atoms with E-state index in [1.54, 1.807) is 12.1 Å². The number of nitrogens with one attached hydrogen (secondary N) is 1. The number of hydrogen-bond acceptors (Lipinski definition) is 6. The molecule has 158 valence electrons. The van der Waals surface area contributed by atoms with Crippen LogP contribution >= 0.6 is 11.3 Å². The Hall–Kier alpha value is -2.68. The van der Waals surface area contributed by atoms with Crippen LogP contribution in [0.3, 0.4) is 0 Å². The lowest BCUT2D eigenvalue weighted by Gasteiger charge is -2.19. The summed E-state index contributed by atoms with van der Waals surface area (Å²) in [6.07, 6.45) is 1.68. The lowest BCUT2D eigenvalue weighted by molar-refractivity contribution is 0.0982. The Labute approximate surface area is 179 Å². The van der Waals surface area contributed by atoms with E-state index in [0.29, 0.717) is 29.8 Å². The number of amides is 1. The third-order valence-electron chi connectivity index (χ3n) is 4.55. The first-order valence-electron chi connectivity index (χ1n) is 9.94. The minimum absolute atomic E-state index is 0.0325. The fraction of sp³-hybridized carbons (Fsp3) is 0.318. The molecule has 30 heavy (non-hydrogen) atoms. The minimum Gasteiger partial charge on any atom is -0.395 e. The molecule has 0 saturated heterocycles. The monoisotopic (exact) mass is 428 g/mol.